The van der Waals surface area contributed by atoms with Gasteiger partial charge in [0.25, 0.3) is 0 Å². The smallest absolute Gasteiger partial charge is 0.305 e. The molecule has 0 saturated carbocycles. The summed E-state index contributed by atoms with van der Waals surface area (Å²) in [7, 11) is 1.56. The van der Waals surface area contributed by atoms with Gasteiger partial charge in [-0.05, 0) is 49.4 Å². The molecule has 0 bridgehead atoms. The number of fused-ring (bicyclic) bond motifs is 1. The average molecular weight is 420 g/mol. The lowest BCUT2D eigenvalue weighted by atomic mass is 10.1. The fourth-order valence-electron chi connectivity index (χ4n) is 3.02. The molecule has 2 aromatic carbocycles. The minimum absolute atomic E-state index is 0.0398. The molecular weight excluding hydrogens is 400 g/mol. The Labute approximate surface area is 177 Å². The fourth-order valence-corrected chi connectivity index (χ4v) is 3.02. The normalized spacial score (nSPS) is 10.6. The van der Waals surface area contributed by atoms with Crippen molar-refractivity contribution in [2.75, 3.05) is 7.11 Å². The monoisotopic (exact) mass is 420 g/mol. The number of ether oxygens (including phenoxy) is 2. The molecule has 0 aliphatic carbocycles. The van der Waals surface area contributed by atoms with Gasteiger partial charge < -0.3 is 18.3 Å². The Hall–Kier alpha value is -4.20. The summed E-state index contributed by atoms with van der Waals surface area (Å²) in [4.78, 5) is 24.8. The summed E-state index contributed by atoms with van der Waals surface area (Å²) in [5.41, 5.74) is 5.84. The highest BCUT2D eigenvalue weighted by molar-refractivity contribution is 6.01. The second-order valence-electron chi connectivity index (χ2n) is 6.69. The summed E-state index contributed by atoms with van der Waals surface area (Å²) < 4.78 is 21.9. The number of carbonyl (C=O) groups excluding carboxylic acids is 2. The van der Waals surface area contributed by atoms with E-state index in [1.54, 1.807) is 38.3 Å². The van der Waals surface area contributed by atoms with Crippen molar-refractivity contribution in [2.45, 2.75) is 13.5 Å². The highest BCUT2D eigenvalue weighted by atomic mass is 16.5. The van der Waals surface area contributed by atoms with Crippen molar-refractivity contribution in [3.05, 3.63) is 83.5 Å². The lowest BCUT2D eigenvalue weighted by molar-refractivity contribution is 0.0815. The van der Waals surface area contributed by atoms with Crippen molar-refractivity contribution in [1.29, 1.82) is 0 Å². The summed E-state index contributed by atoms with van der Waals surface area (Å²) in [6.45, 7) is 1.93. The third kappa shape index (κ3) is 4.37. The fraction of sp³-hybridized carbons (Fsp3) is 0.130. The van der Waals surface area contributed by atoms with E-state index < -0.39 is 11.8 Å². The largest absolute Gasteiger partial charge is 0.497 e. The maximum atomic E-state index is 12.5. The van der Waals surface area contributed by atoms with Gasteiger partial charge in [0, 0.05) is 10.9 Å². The van der Waals surface area contributed by atoms with Gasteiger partial charge >= 0.3 is 11.8 Å². The summed E-state index contributed by atoms with van der Waals surface area (Å²) >= 11 is 0. The van der Waals surface area contributed by atoms with E-state index in [9.17, 15) is 9.59 Å². The van der Waals surface area contributed by atoms with Crippen molar-refractivity contribution in [3.63, 3.8) is 0 Å². The molecule has 158 valence electrons. The van der Waals surface area contributed by atoms with Crippen LogP contribution in [0.3, 0.4) is 0 Å². The van der Waals surface area contributed by atoms with Crippen LogP contribution in [0.5, 0.6) is 11.5 Å². The van der Waals surface area contributed by atoms with Gasteiger partial charge in [0.1, 0.15) is 29.4 Å². The first kappa shape index (κ1) is 20.1. The zero-order valence-corrected chi connectivity index (χ0v) is 16.9. The Bertz CT molecular complexity index is 1230. The van der Waals surface area contributed by atoms with Crippen molar-refractivity contribution in [3.8, 4) is 11.5 Å². The van der Waals surface area contributed by atoms with Gasteiger partial charge in [0.05, 0.1) is 7.11 Å². The van der Waals surface area contributed by atoms with Crippen LogP contribution in [-0.4, -0.2) is 18.9 Å². The summed E-state index contributed by atoms with van der Waals surface area (Å²) in [5.74, 6) is 0.771. The van der Waals surface area contributed by atoms with Crippen molar-refractivity contribution in [1.82, 2.24) is 10.9 Å². The summed E-state index contributed by atoms with van der Waals surface area (Å²) in [6, 6.07) is 17.6. The molecule has 4 aromatic rings. The molecule has 2 amide bonds. The van der Waals surface area contributed by atoms with Crippen molar-refractivity contribution in [2.24, 2.45) is 0 Å². The number of hydrogen-bond donors (Lipinski definition) is 2. The highest BCUT2D eigenvalue weighted by Gasteiger charge is 2.19. The van der Waals surface area contributed by atoms with Gasteiger partial charge in [0.15, 0.2) is 11.5 Å². The predicted molar refractivity (Wildman–Crippen MR) is 112 cm³/mol. The van der Waals surface area contributed by atoms with Gasteiger partial charge in [-0.2, -0.15) is 0 Å². The Morgan fingerprint density at radius 1 is 0.903 bits per heavy atom. The van der Waals surface area contributed by atoms with Crippen LogP contribution < -0.4 is 20.3 Å². The number of methoxy groups -OCH3 is 1. The molecule has 8 nitrogen and oxygen atoms in total. The molecule has 8 heteroatoms. The Morgan fingerprint density at radius 2 is 1.68 bits per heavy atom. The maximum Gasteiger partial charge on any atom is 0.305 e. The van der Waals surface area contributed by atoms with Gasteiger partial charge in [0.2, 0.25) is 0 Å². The predicted octanol–water partition coefficient (Wildman–Crippen LogP) is 4.00. The van der Waals surface area contributed by atoms with Gasteiger partial charge in [-0.3, -0.25) is 20.4 Å². The number of amides is 2. The molecule has 0 aliphatic heterocycles. The number of nitrogens with one attached hydrogen (secondary N) is 2. The molecule has 31 heavy (non-hydrogen) atoms. The number of aryl methyl sites for hydroxylation is 1. The first-order valence-corrected chi connectivity index (χ1v) is 9.49. The van der Waals surface area contributed by atoms with Crippen LogP contribution >= 0.6 is 0 Å². The van der Waals surface area contributed by atoms with Crippen LogP contribution in [0.1, 0.15) is 32.4 Å². The molecule has 0 aliphatic rings. The zero-order chi connectivity index (χ0) is 21.8. The number of benzene rings is 2. The van der Waals surface area contributed by atoms with Gasteiger partial charge in [-0.15, -0.1) is 0 Å². The molecular formula is C23H20N2O6. The van der Waals surface area contributed by atoms with E-state index in [1.165, 1.54) is 6.07 Å². The lowest BCUT2D eigenvalue weighted by Gasteiger charge is -2.05. The molecule has 0 atom stereocenters. The third-order valence-electron chi connectivity index (χ3n) is 4.65. The van der Waals surface area contributed by atoms with E-state index in [4.69, 9.17) is 18.3 Å². The molecule has 2 heterocycles. The first-order chi connectivity index (χ1) is 15.0. The van der Waals surface area contributed by atoms with Crippen LogP contribution in [0, 0.1) is 6.92 Å². The van der Waals surface area contributed by atoms with E-state index in [0.29, 0.717) is 28.4 Å². The van der Waals surface area contributed by atoms with E-state index >= 15 is 0 Å². The van der Waals surface area contributed by atoms with Gasteiger partial charge in [-0.1, -0.05) is 18.2 Å². The molecule has 2 N–H and O–H groups in total. The lowest BCUT2D eigenvalue weighted by Crippen LogP contribution is -2.41. The molecule has 0 unspecified atom stereocenters. The number of carbonyl (C=O) groups is 2. The number of hydrogen-bond acceptors (Lipinski definition) is 6. The first-order valence-electron chi connectivity index (χ1n) is 9.49. The standard InChI is InChI=1S/C23H20N2O6/c1-14-18-12-16(28-2)8-10-19(18)31-21(14)23(27)25-24-22(26)20-11-9-17(30-20)13-29-15-6-4-3-5-7-15/h3-12H,13H2,1-2H3,(H,24,26)(H,25,27). The van der Waals surface area contributed by atoms with E-state index in [2.05, 4.69) is 10.9 Å². The zero-order valence-electron chi connectivity index (χ0n) is 16.9. The van der Waals surface area contributed by atoms with Crippen molar-refractivity contribution < 1.29 is 27.9 Å². The number of furan rings is 2. The minimum atomic E-state index is -0.602. The Morgan fingerprint density at radius 3 is 2.45 bits per heavy atom. The third-order valence-corrected chi connectivity index (χ3v) is 4.65. The summed E-state index contributed by atoms with van der Waals surface area (Å²) in [6.07, 6.45) is 0. The number of hydrazine groups is 1. The average Bonchev–Trinajstić information content (AvgIpc) is 3.41. The van der Waals surface area contributed by atoms with Crippen LogP contribution in [0.4, 0.5) is 0 Å². The van der Waals surface area contributed by atoms with Crippen LogP contribution in [0.25, 0.3) is 11.0 Å². The van der Waals surface area contributed by atoms with Crippen LogP contribution in [0.2, 0.25) is 0 Å². The molecule has 0 saturated heterocycles. The molecule has 0 fully saturated rings. The van der Waals surface area contributed by atoms with Crippen LogP contribution in [0.15, 0.2) is 69.5 Å². The second kappa shape index (κ2) is 8.66. The summed E-state index contributed by atoms with van der Waals surface area (Å²) in [5, 5.41) is 0.755. The molecule has 0 radical (unpaired) electrons. The quantitative estimate of drug-likeness (QED) is 0.457. The maximum absolute atomic E-state index is 12.5. The van der Waals surface area contributed by atoms with Crippen LogP contribution in [-0.2, 0) is 6.61 Å². The van der Waals surface area contributed by atoms with E-state index in [1.807, 2.05) is 30.3 Å². The second-order valence-corrected chi connectivity index (χ2v) is 6.69. The Kier molecular flexibility index (Phi) is 5.61. The molecule has 4 rings (SSSR count). The number of rotatable bonds is 6. The highest BCUT2D eigenvalue weighted by Crippen LogP contribution is 2.28. The number of para-hydroxylation sites is 1. The SMILES string of the molecule is COc1ccc2oc(C(=O)NNC(=O)c3ccc(COc4ccccc4)o3)c(C)c2c1. The Balaban J connectivity index is 1.36. The molecule has 2 aromatic heterocycles. The van der Waals surface area contributed by atoms with E-state index in [-0.39, 0.29) is 18.1 Å². The van der Waals surface area contributed by atoms with Gasteiger partial charge in [-0.25, -0.2) is 0 Å². The van der Waals surface area contributed by atoms with Crippen molar-refractivity contribution >= 4 is 22.8 Å². The van der Waals surface area contributed by atoms with E-state index in [0.717, 1.165) is 5.39 Å². The minimum Gasteiger partial charge on any atom is -0.497 e. The molecule has 0 spiro atoms. The topological polar surface area (TPSA) is 103 Å².